The van der Waals surface area contributed by atoms with Crippen LogP contribution in [0.1, 0.15) is 18.1 Å². The van der Waals surface area contributed by atoms with E-state index in [4.69, 9.17) is 9.47 Å². The summed E-state index contributed by atoms with van der Waals surface area (Å²) in [5.74, 6) is -1.32. The van der Waals surface area contributed by atoms with Crippen molar-refractivity contribution in [2.75, 3.05) is 13.2 Å². The monoisotopic (exact) mass is 513 g/mol. The molecule has 0 amide bonds. The molecule has 0 atom stereocenters. The van der Waals surface area contributed by atoms with Gasteiger partial charge in [0, 0.05) is 25.9 Å². The molecule has 0 aliphatic carbocycles. The molecular formula is C30H25F2N3O3. The summed E-state index contributed by atoms with van der Waals surface area (Å²) < 4.78 is 40.3. The van der Waals surface area contributed by atoms with Crippen LogP contribution in [0.4, 0.5) is 8.78 Å². The zero-order valence-electron chi connectivity index (χ0n) is 20.9. The summed E-state index contributed by atoms with van der Waals surface area (Å²) in [6.45, 7) is 4.52. The third kappa shape index (κ3) is 5.54. The molecule has 2 aliphatic rings. The molecule has 6 nitrogen and oxygen atoms in total. The highest BCUT2D eigenvalue weighted by molar-refractivity contribution is 5.69. The first-order chi connectivity index (χ1) is 18.4. The number of hydrogen-bond donors (Lipinski definition) is 0. The lowest BCUT2D eigenvalue weighted by atomic mass is 9.99. The van der Waals surface area contributed by atoms with Gasteiger partial charge in [-0.1, -0.05) is 36.4 Å². The number of benzene rings is 3. The van der Waals surface area contributed by atoms with E-state index in [9.17, 15) is 13.6 Å². The molecule has 0 fully saturated rings. The molecular weight excluding hydrogens is 488 g/mol. The lowest BCUT2D eigenvalue weighted by molar-refractivity contribution is -0.141. The van der Waals surface area contributed by atoms with Crippen LogP contribution in [0.15, 0.2) is 79.1 Å². The first-order valence-corrected chi connectivity index (χ1v) is 12.1. The maximum atomic E-state index is 14.2. The van der Waals surface area contributed by atoms with E-state index in [-0.39, 0.29) is 24.0 Å². The number of aromatic nitrogens is 3. The van der Waals surface area contributed by atoms with Crippen LogP contribution in [-0.2, 0) is 16.1 Å². The number of carbonyl (C=O) groups is 1. The molecule has 0 bridgehead atoms. The van der Waals surface area contributed by atoms with Crippen LogP contribution in [0, 0.1) is 18.6 Å². The largest absolute Gasteiger partial charge is 0.490 e. The molecule has 5 rings (SSSR count). The van der Waals surface area contributed by atoms with Gasteiger partial charge in [-0.3, -0.25) is 4.79 Å². The molecule has 0 unspecified atom stereocenters. The van der Waals surface area contributed by atoms with Crippen molar-refractivity contribution in [3.05, 3.63) is 102 Å². The van der Waals surface area contributed by atoms with Crippen molar-refractivity contribution in [1.29, 1.82) is 0 Å². The highest BCUT2D eigenvalue weighted by atomic mass is 19.2. The molecule has 0 aromatic heterocycles. The Morgan fingerprint density at radius 2 is 1.71 bits per heavy atom. The van der Waals surface area contributed by atoms with Gasteiger partial charge in [-0.25, -0.2) is 18.7 Å². The minimum atomic E-state index is -0.951. The zero-order chi connectivity index (χ0) is 26.6. The average molecular weight is 514 g/mol. The lowest BCUT2D eigenvalue weighted by Crippen LogP contribution is -2.09. The second-order valence-corrected chi connectivity index (χ2v) is 8.90. The fraction of sp³-hybridized carbons (Fsp3) is 0.167. The zero-order valence-corrected chi connectivity index (χ0v) is 20.9. The van der Waals surface area contributed by atoms with E-state index in [1.54, 1.807) is 0 Å². The molecule has 3 aromatic rings. The van der Waals surface area contributed by atoms with E-state index in [1.807, 2.05) is 48.1 Å². The number of rotatable bonds is 8. The van der Waals surface area contributed by atoms with Crippen LogP contribution < -0.4 is 4.74 Å². The molecule has 38 heavy (non-hydrogen) atoms. The Hall–Kier alpha value is -4.59. The summed E-state index contributed by atoms with van der Waals surface area (Å²) in [7, 11) is 0. The smallest absolute Gasteiger partial charge is 0.302 e. The fourth-order valence-corrected chi connectivity index (χ4v) is 4.24. The number of pyridine rings is 1. The van der Waals surface area contributed by atoms with Gasteiger partial charge in [0.05, 0.1) is 11.3 Å². The molecule has 0 saturated heterocycles. The maximum Gasteiger partial charge on any atom is 0.302 e. The van der Waals surface area contributed by atoms with Crippen LogP contribution in [-0.4, -0.2) is 33.7 Å². The third-order valence-corrected chi connectivity index (χ3v) is 6.10. The van der Waals surface area contributed by atoms with Crippen LogP contribution in [0.5, 0.6) is 5.75 Å². The van der Waals surface area contributed by atoms with E-state index in [0.717, 1.165) is 34.1 Å². The van der Waals surface area contributed by atoms with Crippen LogP contribution in [0.3, 0.4) is 0 Å². The Morgan fingerprint density at radius 1 is 0.921 bits per heavy atom. The predicted octanol–water partition coefficient (Wildman–Crippen LogP) is 6.29. The molecule has 3 aromatic carbocycles. The van der Waals surface area contributed by atoms with Crippen molar-refractivity contribution < 1.29 is 23.0 Å². The fourth-order valence-electron chi connectivity index (χ4n) is 4.24. The van der Waals surface area contributed by atoms with Crippen LogP contribution in [0.2, 0.25) is 0 Å². The number of hydrogen-bond acceptors (Lipinski definition) is 5. The summed E-state index contributed by atoms with van der Waals surface area (Å²) >= 11 is 0. The number of aryl methyl sites for hydroxylation is 1. The first kappa shape index (κ1) is 25.1. The van der Waals surface area contributed by atoms with E-state index in [0.29, 0.717) is 24.5 Å². The van der Waals surface area contributed by atoms with Crippen molar-refractivity contribution in [2.45, 2.75) is 20.4 Å². The summed E-state index contributed by atoms with van der Waals surface area (Å²) in [6.07, 6.45) is 3.74. The Morgan fingerprint density at radius 3 is 2.47 bits per heavy atom. The topological polar surface area (TPSA) is 66.2 Å². The highest BCUT2D eigenvalue weighted by Gasteiger charge is 2.17. The predicted molar refractivity (Wildman–Crippen MR) is 140 cm³/mol. The van der Waals surface area contributed by atoms with Crippen LogP contribution >= 0.6 is 0 Å². The second kappa shape index (κ2) is 10.8. The molecule has 0 spiro atoms. The Kier molecular flexibility index (Phi) is 7.13. The van der Waals surface area contributed by atoms with Crippen molar-refractivity contribution in [2.24, 2.45) is 0 Å². The summed E-state index contributed by atoms with van der Waals surface area (Å²) in [6, 6.07) is 20.0. The number of esters is 1. The van der Waals surface area contributed by atoms with Gasteiger partial charge in [0.25, 0.3) is 0 Å². The Labute approximate surface area is 218 Å². The molecule has 192 valence electrons. The number of imidazole rings is 1. The van der Waals surface area contributed by atoms with Gasteiger partial charge < -0.3 is 14.0 Å². The lowest BCUT2D eigenvalue weighted by Gasteiger charge is -2.12. The molecule has 0 N–H and O–H groups in total. The number of halogens is 2. The average Bonchev–Trinajstić information content (AvgIpc) is 3.32. The van der Waals surface area contributed by atoms with E-state index < -0.39 is 11.6 Å². The van der Waals surface area contributed by atoms with E-state index >= 15 is 0 Å². The summed E-state index contributed by atoms with van der Waals surface area (Å²) in [5, 5.41) is 0. The van der Waals surface area contributed by atoms with Crippen molar-refractivity contribution in [3.63, 3.8) is 0 Å². The number of ether oxygens (including phenoxy) is 2. The molecule has 8 heteroatoms. The van der Waals surface area contributed by atoms with Gasteiger partial charge >= 0.3 is 5.97 Å². The normalized spacial score (nSPS) is 11.1. The van der Waals surface area contributed by atoms with Gasteiger partial charge in [-0.2, -0.15) is 0 Å². The number of nitrogens with zero attached hydrogens (tertiary/aromatic N) is 3. The van der Waals surface area contributed by atoms with Gasteiger partial charge in [-0.05, 0) is 59.5 Å². The highest BCUT2D eigenvalue weighted by Crippen LogP contribution is 2.29. The second-order valence-electron chi connectivity index (χ2n) is 8.90. The van der Waals surface area contributed by atoms with Gasteiger partial charge in [-0.15, -0.1) is 0 Å². The first-order valence-electron chi connectivity index (χ1n) is 12.1. The molecule has 2 aliphatic heterocycles. The van der Waals surface area contributed by atoms with Crippen molar-refractivity contribution >= 4 is 5.97 Å². The van der Waals surface area contributed by atoms with Crippen molar-refractivity contribution in [1.82, 2.24) is 14.5 Å². The quantitative estimate of drug-likeness (QED) is 0.180. The molecule has 0 saturated carbocycles. The minimum absolute atomic E-state index is 0.0419. The van der Waals surface area contributed by atoms with Crippen LogP contribution in [0.25, 0.3) is 33.9 Å². The Balaban J connectivity index is 1.27. The SMILES string of the molecule is CC(=O)OCCOc1ccc(-c2ccc(Cn3ccc4nc(-c5cccc(F)c5F)nc-4c3)cc2)c(C)c1. The Bertz CT molecular complexity index is 1560. The maximum absolute atomic E-state index is 14.2. The van der Waals surface area contributed by atoms with E-state index in [2.05, 4.69) is 34.2 Å². The minimum Gasteiger partial charge on any atom is -0.490 e. The van der Waals surface area contributed by atoms with Crippen molar-refractivity contribution in [3.8, 4) is 39.7 Å². The van der Waals surface area contributed by atoms with Gasteiger partial charge in [0.15, 0.2) is 17.5 Å². The standard InChI is InChI=1S/C30H25F2N3O3/c1-19-16-23(38-15-14-37-20(2)36)10-11-24(19)22-8-6-21(7-9-22)17-35-13-12-27-28(18-35)34-30(33-27)25-4-3-5-26(31)29(25)32/h3-13,16,18H,14-15,17H2,1-2H3. The molecule has 2 heterocycles. The summed E-state index contributed by atoms with van der Waals surface area (Å²) in [4.78, 5) is 19.6. The third-order valence-electron chi connectivity index (χ3n) is 6.10. The van der Waals surface area contributed by atoms with Gasteiger partial charge in [0.2, 0.25) is 0 Å². The summed E-state index contributed by atoms with van der Waals surface area (Å²) in [5.41, 5.74) is 5.61. The number of carbonyl (C=O) groups excluding carboxylic acids is 1. The van der Waals surface area contributed by atoms with E-state index in [1.165, 1.54) is 19.1 Å². The number of fused-ring (bicyclic) bond motifs is 1. The molecule has 0 radical (unpaired) electrons. The van der Waals surface area contributed by atoms with Gasteiger partial charge in [0.1, 0.15) is 24.7 Å².